The molecule has 0 atom stereocenters. The van der Waals surface area contributed by atoms with Crippen LogP contribution in [0.3, 0.4) is 0 Å². The molecule has 0 spiro atoms. The zero-order valence-corrected chi connectivity index (χ0v) is 62.8. The number of fused-ring (bicyclic) bond motifs is 2. The lowest BCUT2D eigenvalue weighted by Gasteiger charge is -2.04. The second-order valence-electron chi connectivity index (χ2n) is 23.6. The number of thiophene rings is 1. The second kappa shape index (κ2) is 46.1. The standard InChI is InChI=1S/C14H14.2C12H12.C8H6F4.2C8H10.C7H10.C6H8O.C6H8S.C5H5N.2C2H6/c1-11-3-7-13(8-4-11)14-9-5-12(2)6-10-14;1-9-3-5-12-8-10(2)4-6-11(12)7-9;1-9-7-8-10(2)12-6-4-3-5-11(9)12;1-3-5(9)7(11)4(2)8(12)6(3)10;1-7-3-5-8(2)6-4-7;1-7-5-3-4-6-8(7)2;1-6-3-4-7(2)5-6;2*1-5-3-4-6(2)7-5;1-2-4-6-5-3-1;2*1-2/h3-10H,1-2H3;2*3-8H,1-2H3;1-2H3;2*3-6H,1-2H3;3-4H,5H2,1-2H3;2*3-4H,1-2H3;1-5H;2*1-2H3. The van der Waals surface area contributed by atoms with Crippen LogP contribution in [0, 0.1) is 134 Å². The number of aryl methyl sites for hydroxylation is 14. The molecule has 0 aliphatic heterocycles. The lowest BCUT2D eigenvalue weighted by Crippen LogP contribution is -2.02. The molecule has 512 valence electrons. The monoisotopic (exact) mass is 1330 g/mol. The van der Waals surface area contributed by atoms with E-state index in [1.807, 2.05) is 83.2 Å². The van der Waals surface area contributed by atoms with Gasteiger partial charge in [0.05, 0.1) is 0 Å². The van der Waals surface area contributed by atoms with Crippen LogP contribution >= 0.6 is 11.3 Å². The molecule has 0 radical (unpaired) electrons. The molecule has 2 nitrogen and oxygen atoms in total. The molecular formula is C90H107F4NOS. The zero-order valence-electron chi connectivity index (χ0n) is 62.0. The van der Waals surface area contributed by atoms with Crippen LogP contribution in [0.4, 0.5) is 17.6 Å². The largest absolute Gasteiger partial charge is 0.467 e. The summed E-state index contributed by atoms with van der Waals surface area (Å²) >= 11 is 1.84. The van der Waals surface area contributed by atoms with Crippen molar-refractivity contribution in [1.29, 1.82) is 0 Å². The summed E-state index contributed by atoms with van der Waals surface area (Å²) in [5.41, 5.74) is 17.7. The molecule has 13 rings (SSSR count). The Labute approximate surface area is 585 Å². The van der Waals surface area contributed by atoms with Crippen LogP contribution in [-0.4, -0.2) is 4.98 Å². The van der Waals surface area contributed by atoms with Gasteiger partial charge in [-0.25, -0.2) is 17.6 Å². The third-order valence-corrected chi connectivity index (χ3v) is 15.7. The van der Waals surface area contributed by atoms with Gasteiger partial charge in [-0.3, -0.25) is 4.98 Å². The highest BCUT2D eigenvalue weighted by molar-refractivity contribution is 7.11. The van der Waals surface area contributed by atoms with E-state index < -0.39 is 34.4 Å². The lowest BCUT2D eigenvalue weighted by molar-refractivity contribution is 0.436. The minimum absolute atomic E-state index is 0.629. The molecule has 12 aromatic rings. The fourth-order valence-corrected chi connectivity index (χ4v) is 9.78. The van der Waals surface area contributed by atoms with E-state index in [2.05, 4.69) is 296 Å². The Morgan fingerprint density at radius 2 is 0.619 bits per heavy atom. The molecule has 3 heterocycles. The maximum absolute atomic E-state index is 12.7. The topological polar surface area (TPSA) is 26.0 Å². The van der Waals surface area contributed by atoms with E-state index in [4.69, 9.17) is 4.42 Å². The molecule has 9 aromatic carbocycles. The number of allylic oxidation sites excluding steroid dienone is 4. The summed E-state index contributed by atoms with van der Waals surface area (Å²) in [5, 5.41) is 5.41. The molecule has 0 saturated carbocycles. The number of rotatable bonds is 1. The smallest absolute Gasteiger partial charge is 0.165 e. The molecule has 1 aliphatic rings. The predicted octanol–water partition coefficient (Wildman–Crippen LogP) is 28.0. The Balaban J connectivity index is 0.000000368. The van der Waals surface area contributed by atoms with Gasteiger partial charge in [0.1, 0.15) is 11.5 Å². The van der Waals surface area contributed by atoms with Gasteiger partial charge in [0, 0.05) is 33.3 Å². The third kappa shape index (κ3) is 32.4. The second-order valence-corrected chi connectivity index (χ2v) is 25.1. The minimum atomic E-state index is -1.33. The first-order valence-corrected chi connectivity index (χ1v) is 34.2. The molecule has 0 amide bonds. The van der Waals surface area contributed by atoms with Crippen molar-refractivity contribution in [2.45, 2.75) is 159 Å². The van der Waals surface area contributed by atoms with Crippen LogP contribution in [0.25, 0.3) is 32.7 Å². The van der Waals surface area contributed by atoms with Crippen molar-refractivity contribution in [2.24, 2.45) is 0 Å². The Morgan fingerprint density at radius 1 is 0.309 bits per heavy atom. The van der Waals surface area contributed by atoms with Crippen molar-refractivity contribution in [3.05, 3.63) is 359 Å². The third-order valence-electron chi connectivity index (χ3n) is 14.8. The Bertz CT molecular complexity index is 3840. The highest BCUT2D eigenvalue weighted by atomic mass is 32.1. The van der Waals surface area contributed by atoms with Gasteiger partial charge in [0.15, 0.2) is 23.3 Å². The Morgan fingerprint density at radius 3 is 0.856 bits per heavy atom. The maximum Gasteiger partial charge on any atom is 0.165 e. The van der Waals surface area contributed by atoms with Crippen molar-refractivity contribution in [2.75, 3.05) is 0 Å². The molecule has 3 aromatic heterocycles. The van der Waals surface area contributed by atoms with E-state index in [1.54, 1.807) is 12.4 Å². The highest BCUT2D eigenvalue weighted by Crippen LogP contribution is 2.24. The number of hydrogen-bond acceptors (Lipinski definition) is 3. The molecule has 7 heteroatoms. The van der Waals surface area contributed by atoms with Crippen molar-refractivity contribution in [3.63, 3.8) is 0 Å². The van der Waals surface area contributed by atoms with Crippen LogP contribution in [0.1, 0.15) is 136 Å². The lowest BCUT2D eigenvalue weighted by atomic mass is 10.0. The number of aromatic nitrogens is 1. The van der Waals surface area contributed by atoms with E-state index in [-0.39, 0.29) is 0 Å². The van der Waals surface area contributed by atoms with E-state index in [1.165, 1.54) is 116 Å². The van der Waals surface area contributed by atoms with Crippen LogP contribution < -0.4 is 0 Å². The van der Waals surface area contributed by atoms with Crippen LogP contribution in [0.15, 0.2) is 252 Å². The summed E-state index contributed by atoms with van der Waals surface area (Å²) < 4.78 is 55.7. The van der Waals surface area contributed by atoms with Gasteiger partial charge in [-0.05, 0) is 222 Å². The van der Waals surface area contributed by atoms with Gasteiger partial charge in [0.25, 0.3) is 0 Å². The average Bonchev–Trinajstić information content (AvgIpc) is 1.61. The zero-order chi connectivity index (χ0) is 72.6. The number of hydrogen-bond donors (Lipinski definition) is 0. The molecule has 0 bridgehead atoms. The van der Waals surface area contributed by atoms with Gasteiger partial charge < -0.3 is 4.42 Å². The van der Waals surface area contributed by atoms with Crippen molar-refractivity contribution < 1.29 is 22.0 Å². The van der Waals surface area contributed by atoms with Gasteiger partial charge in [-0.15, -0.1) is 11.3 Å². The minimum Gasteiger partial charge on any atom is -0.467 e. The number of nitrogens with zero attached hydrogens (tertiary/aromatic N) is 1. The van der Waals surface area contributed by atoms with Crippen molar-refractivity contribution >= 4 is 32.9 Å². The summed E-state index contributed by atoms with van der Waals surface area (Å²) in [5.74, 6) is -3.34. The SMILES string of the molecule is CC.CC.CC1=CC=C(C)C1.Cc1c(F)c(F)c(C)c(F)c1F.Cc1ccc(-c2ccc(C)cc2)cc1.Cc1ccc(C)c2ccccc12.Cc1ccc(C)cc1.Cc1ccc(C)o1.Cc1ccc(C)s1.Cc1ccc2cc(C)ccc2c1.Cc1ccccc1C.c1ccncc1. The molecule has 0 saturated heterocycles. The first-order valence-electron chi connectivity index (χ1n) is 33.4. The van der Waals surface area contributed by atoms with Gasteiger partial charge in [-0.2, -0.15) is 0 Å². The van der Waals surface area contributed by atoms with Gasteiger partial charge in [-0.1, -0.05) is 260 Å². The number of furan rings is 1. The highest BCUT2D eigenvalue weighted by Gasteiger charge is 2.19. The summed E-state index contributed by atoms with van der Waals surface area (Å²) in [6.45, 7) is 43.6. The molecule has 0 fully saturated rings. The molecule has 0 unspecified atom stereocenters. The fraction of sp³-hybridized carbons (Fsp3) is 0.256. The van der Waals surface area contributed by atoms with Crippen LogP contribution in [0.5, 0.6) is 0 Å². The Kier molecular flexibility index (Phi) is 39.9. The first kappa shape index (κ1) is 83.9. The molecular weight excluding hydrogens is 1220 g/mol. The van der Waals surface area contributed by atoms with Crippen LogP contribution in [-0.2, 0) is 0 Å². The average molecular weight is 1330 g/mol. The summed E-state index contributed by atoms with van der Waals surface area (Å²) in [6, 6.07) is 74.0. The fourth-order valence-electron chi connectivity index (χ4n) is 9.00. The molecule has 97 heavy (non-hydrogen) atoms. The molecule has 0 N–H and O–H groups in total. The maximum atomic E-state index is 12.7. The number of pyridine rings is 1. The summed E-state index contributed by atoms with van der Waals surface area (Å²) in [4.78, 5) is 6.59. The van der Waals surface area contributed by atoms with Crippen molar-refractivity contribution in [1.82, 2.24) is 4.98 Å². The quantitative estimate of drug-likeness (QED) is 0.121. The van der Waals surface area contributed by atoms with Crippen molar-refractivity contribution in [3.8, 4) is 11.1 Å². The summed E-state index contributed by atoms with van der Waals surface area (Å²) in [7, 11) is 0. The first-order chi connectivity index (χ1) is 46.2. The van der Waals surface area contributed by atoms with E-state index in [9.17, 15) is 17.6 Å². The van der Waals surface area contributed by atoms with Gasteiger partial charge >= 0.3 is 0 Å². The van der Waals surface area contributed by atoms with E-state index >= 15 is 0 Å². The number of benzene rings is 9. The van der Waals surface area contributed by atoms with E-state index in [0.29, 0.717) is 0 Å². The number of halogens is 4. The summed E-state index contributed by atoms with van der Waals surface area (Å²) in [6.07, 6.45) is 9.05. The molecule has 1 aliphatic carbocycles. The van der Waals surface area contributed by atoms with E-state index in [0.717, 1.165) is 25.4 Å². The predicted molar refractivity (Wildman–Crippen MR) is 417 cm³/mol. The van der Waals surface area contributed by atoms with Gasteiger partial charge in [0.2, 0.25) is 0 Å². The normalized spacial score (nSPS) is 10.2. The Hall–Kier alpha value is -9.17. The van der Waals surface area contributed by atoms with Crippen LogP contribution in [0.2, 0.25) is 0 Å².